The van der Waals surface area contributed by atoms with Crippen molar-refractivity contribution in [2.75, 3.05) is 13.1 Å². The van der Waals surface area contributed by atoms with Crippen molar-refractivity contribution in [3.63, 3.8) is 0 Å². The normalized spacial score (nSPS) is 18.8. The Morgan fingerprint density at radius 1 is 1.12 bits per heavy atom. The van der Waals surface area contributed by atoms with Gasteiger partial charge in [-0.3, -0.25) is 24.2 Å². The van der Waals surface area contributed by atoms with E-state index in [-0.39, 0.29) is 31.9 Å². The highest BCUT2D eigenvalue weighted by molar-refractivity contribution is 5.95. The maximum absolute atomic E-state index is 13.0. The monoisotopic (exact) mass is 486 g/mol. The molecule has 192 valence electrons. The standard InChI is InChI=1S/C19H34N8O7/c1-9(28)14(21)17(32)27-7-3-5-12(27)16(31)25-10(4-2-6-24-19(22)23)15(30)26-11(18(33)34)8-13(20)29/h9-12,14,28H,2-8,21H2,1H3,(H2,20,29)(H,25,31)(H,26,30)(H,33,34)(H4,22,23,24). The highest BCUT2D eigenvalue weighted by Crippen LogP contribution is 2.19. The number of hydrogen-bond acceptors (Lipinski definition) is 8. The molecule has 1 saturated heterocycles. The largest absolute Gasteiger partial charge is 0.480 e. The smallest absolute Gasteiger partial charge is 0.326 e. The number of nitrogens with zero attached hydrogens (tertiary/aromatic N) is 2. The van der Waals surface area contributed by atoms with Gasteiger partial charge in [0.15, 0.2) is 5.96 Å². The minimum absolute atomic E-state index is 0.0329. The summed E-state index contributed by atoms with van der Waals surface area (Å²) >= 11 is 0. The topological polar surface area (TPSA) is 270 Å². The Morgan fingerprint density at radius 2 is 1.76 bits per heavy atom. The quantitative estimate of drug-likeness (QED) is 0.0704. The van der Waals surface area contributed by atoms with Crippen molar-refractivity contribution < 1.29 is 34.2 Å². The summed E-state index contributed by atoms with van der Waals surface area (Å²) in [6.45, 7) is 1.75. The van der Waals surface area contributed by atoms with Gasteiger partial charge >= 0.3 is 5.97 Å². The number of carbonyl (C=O) groups is 5. The molecule has 15 nitrogen and oxygen atoms in total. The lowest BCUT2D eigenvalue weighted by Crippen LogP contribution is -2.57. The summed E-state index contributed by atoms with van der Waals surface area (Å²) in [6.07, 6.45) is -0.653. The molecular formula is C19H34N8O7. The van der Waals surface area contributed by atoms with Gasteiger partial charge in [-0.1, -0.05) is 0 Å². The van der Waals surface area contributed by atoms with Crippen LogP contribution >= 0.6 is 0 Å². The molecule has 34 heavy (non-hydrogen) atoms. The summed E-state index contributed by atoms with van der Waals surface area (Å²) in [5.74, 6) is -4.68. The number of aliphatic imine (C=N–C) groups is 1. The van der Waals surface area contributed by atoms with E-state index in [1.807, 2.05) is 0 Å². The number of rotatable bonds is 13. The number of aliphatic carboxylic acids is 1. The van der Waals surface area contributed by atoms with E-state index in [0.29, 0.717) is 12.8 Å². The van der Waals surface area contributed by atoms with Crippen LogP contribution in [0.15, 0.2) is 4.99 Å². The van der Waals surface area contributed by atoms with Gasteiger partial charge in [-0.2, -0.15) is 0 Å². The first-order valence-electron chi connectivity index (χ1n) is 10.8. The van der Waals surface area contributed by atoms with Crippen molar-refractivity contribution in [1.29, 1.82) is 0 Å². The molecule has 4 amide bonds. The van der Waals surface area contributed by atoms with Crippen LogP contribution in [0.2, 0.25) is 0 Å². The summed E-state index contributed by atoms with van der Waals surface area (Å²) < 4.78 is 0. The Labute approximate surface area is 196 Å². The van der Waals surface area contributed by atoms with E-state index in [4.69, 9.17) is 22.9 Å². The number of nitrogens with two attached hydrogens (primary N) is 4. The number of carboxylic acids is 1. The third-order valence-corrected chi connectivity index (χ3v) is 5.24. The predicted octanol–water partition coefficient (Wildman–Crippen LogP) is -4.33. The molecule has 0 aromatic heterocycles. The van der Waals surface area contributed by atoms with Crippen molar-refractivity contribution in [3.05, 3.63) is 0 Å². The molecule has 15 heteroatoms. The lowest BCUT2D eigenvalue weighted by atomic mass is 10.1. The minimum atomic E-state index is -1.59. The van der Waals surface area contributed by atoms with Gasteiger partial charge in [0.1, 0.15) is 24.2 Å². The molecule has 1 rings (SSSR count). The molecular weight excluding hydrogens is 452 g/mol. The molecule has 5 unspecified atom stereocenters. The first-order valence-corrected chi connectivity index (χ1v) is 10.8. The Kier molecular flexibility index (Phi) is 11.2. The van der Waals surface area contributed by atoms with Gasteiger partial charge in [0.05, 0.1) is 12.5 Å². The van der Waals surface area contributed by atoms with Gasteiger partial charge in [0.2, 0.25) is 23.6 Å². The maximum Gasteiger partial charge on any atom is 0.326 e. The summed E-state index contributed by atoms with van der Waals surface area (Å²) in [5, 5.41) is 23.6. The predicted molar refractivity (Wildman–Crippen MR) is 120 cm³/mol. The maximum atomic E-state index is 13.0. The third kappa shape index (κ3) is 8.82. The van der Waals surface area contributed by atoms with Gasteiger partial charge in [-0.15, -0.1) is 0 Å². The van der Waals surface area contributed by atoms with E-state index < -0.39 is 66.3 Å². The van der Waals surface area contributed by atoms with Crippen LogP contribution in [0.1, 0.15) is 39.0 Å². The van der Waals surface area contributed by atoms with Crippen molar-refractivity contribution in [3.8, 4) is 0 Å². The Bertz CT molecular complexity index is 800. The highest BCUT2D eigenvalue weighted by Gasteiger charge is 2.38. The molecule has 1 heterocycles. The Morgan fingerprint density at radius 3 is 2.29 bits per heavy atom. The number of likely N-dealkylation sites (tertiary alicyclic amines) is 1. The SMILES string of the molecule is CC(O)C(N)C(=O)N1CCCC1C(=O)NC(CCCN=C(N)N)C(=O)NC(CC(N)=O)C(=O)O. The van der Waals surface area contributed by atoms with Crippen LogP contribution in [0.25, 0.3) is 0 Å². The fourth-order valence-electron chi connectivity index (χ4n) is 3.41. The zero-order valence-corrected chi connectivity index (χ0v) is 19.0. The zero-order valence-electron chi connectivity index (χ0n) is 19.0. The Hall–Kier alpha value is -3.46. The van der Waals surface area contributed by atoms with Crippen LogP contribution in [0.4, 0.5) is 0 Å². The number of amides is 4. The number of aliphatic hydroxyl groups excluding tert-OH is 1. The van der Waals surface area contributed by atoms with E-state index in [2.05, 4.69) is 15.6 Å². The molecule has 1 aliphatic rings. The van der Waals surface area contributed by atoms with Crippen LogP contribution in [0, 0.1) is 0 Å². The number of hydrogen-bond donors (Lipinski definition) is 8. The van der Waals surface area contributed by atoms with E-state index >= 15 is 0 Å². The number of carbonyl (C=O) groups excluding carboxylic acids is 4. The molecule has 0 aliphatic carbocycles. The minimum Gasteiger partial charge on any atom is -0.480 e. The van der Waals surface area contributed by atoms with Crippen molar-refractivity contribution >= 4 is 35.6 Å². The summed E-state index contributed by atoms with van der Waals surface area (Å²) in [4.78, 5) is 65.8. The molecule has 0 bridgehead atoms. The fraction of sp³-hybridized carbons (Fsp3) is 0.684. The number of nitrogens with one attached hydrogen (secondary N) is 2. The molecule has 0 spiro atoms. The average molecular weight is 487 g/mol. The van der Waals surface area contributed by atoms with E-state index in [0.717, 1.165) is 0 Å². The van der Waals surface area contributed by atoms with E-state index in [1.54, 1.807) is 0 Å². The number of guanidine groups is 1. The van der Waals surface area contributed by atoms with Gasteiger partial charge in [0, 0.05) is 13.1 Å². The molecule has 12 N–H and O–H groups in total. The second kappa shape index (κ2) is 13.3. The first-order chi connectivity index (χ1) is 15.8. The Balaban J connectivity index is 2.98. The molecule has 5 atom stereocenters. The fourth-order valence-corrected chi connectivity index (χ4v) is 3.41. The summed E-state index contributed by atoms with van der Waals surface area (Å²) in [5.41, 5.74) is 21.3. The van der Waals surface area contributed by atoms with E-state index in [1.165, 1.54) is 11.8 Å². The van der Waals surface area contributed by atoms with E-state index in [9.17, 15) is 34.2 Å². The van der Waals surface area contributed by atoms with Gasteiger partial charge in [-0.05, 0) is 32.6 Å². The number of aliphatic hydroxyl groups is 1. The summed E-state index contributed by atoms with van der Waals surface area (Å²) in [6, 6.07) is -4.93. The van der Waals surface area contributed by atoms with Gasteiger partial charge in [-0.25, -0.2) is 4.79 Å². The van der Waals surface area contributed by atoms with Crippen LogP contribution in [-0.4, -0.2) is 94.0 Å². The van der Waals surface area contributed by atoms with Gasteiger partial charge < -0.3 is 48.7 Å². The third-order valence-electron chi connectivity index (χ3n) is 5.24. The molecule has 0 saturated carbocycles. The number of primary amides is 1. The average Bonchev–Trinajstić information content (AvgIpc) is 3.23. The summed E-state index contributed by atoms with van der Waals surface area (Å²) in [7, 11) is 0. The zero-order chi connectivity index (χ0) is 26.0. The van der Waals surface area contributed by atoms with Crippen LogP contribution < -0.4 is 33.6 Å². The van der Waals surface area contributed by atoms with Crippen LogP contribution in [-0.2, 0) is 24.0 Å². The first kappa shape index (κ1) is 28.6. The van der Waals surface area contributed by atoms with Crippen molar-refractivity contribution in [2.45, 2.75) is 69.3 Å². The van der Waals surface area contributed by atoms with Crippen molar-refractivity contribution in [1.82, 2.24) is 15.5 Å². The van der Waals surface area contributed by atoms with Crippen LogP contribution in [0.5, 0.6) is 0 Å². The van der Waals surface area contributed by atoms with Crippen molar-refractivity contribution in [2.24, 2.45) is 27.9 Å². The lowest BCUT2D eigenvalue weighted by Gasteiger charge is -2.29. The van der Waals surface area contributed by atoms with Crippen LogP contribution in [0.3, 0.4) is 0 Å². The number of carboxylic acid groups (broad SMARTS) is 1. The molecule has 1 fully saturated rings. The second-order valence-corrected chi connectivity index (χ2v) is 8.04. The molecule has 0 aromatic rings. The highest BCUT2D eigenvalue weighted by atomic mass is 16.4. The molecule has 0 aromatic carbocycles. The second-order valence-electron chi connectivity index (χ2n) is 8.04. The molecule has 1 aliphatic heterocycles. The molecule has 0 radical (unpaired) electrons. The lowest BCUT2D eigenvalue weighted by molar-refractivity contribution is -0.144. The van der Waals surface area contributed by atoms with Gasteiger partial charge in [0.25, 0.3) is 0 Å².